The second-order valence-electron chi connectivity index (χ2n) is 1.74. The zero-order valence-corrected chi connectivity index (χ0v) is 5.28. The summed E-state index contributed by atoms with van der Waals surface area (Å²) in [6, 6.07) is 0. The number of aliphatic imine (C=N–C) groups is 1. The van der Waals surface area contributed by atoms with Crippen molar-refractivity contribution in [2.75, 3.05) is 13.2 Å². The third-order valence-corrected chi connectivity index (χ3v) is 0.977. The summed E-state index contributed by atoms with van der Waals surface area (Å²) < 4.78 is 4.90. The highest BCUT2D eigenvalue weighted by Gasteiger charge is 2.01. The topological polar surface area (TPSA) is 58.9 Å². The van der Waals surface area contributed by atoms with E-state index in [4.69, 9.17) is 9.84 Å². The monoisotopic (exact) mass is 141 g/mol. The Balaban J connectivity index is 2.44. The van der Waals surface area contributed by atoms with E-state index in [2.05, 4.69) is 4.99 Å². The number of ether oxygens (including phenoxy) is 1. The Labute approximate surface area is 57.8 Å². The molecular weight excluding hydrogens is 134 g/mol. The molecule has 0 bridgehead atoms. The van der Waals surface area contributed by atoms with Crippen LogP contribution in [-0.2, 0) is 9.53 Å². The van der Waals surface area contributed by atoms with Crippen LogP contribution in [0.25, 0.3) is 0 Å². The minimum atomic E-state index is -0.988. The molecule has 0 spiro atoms. The Morgan fingerprint density at radius 1 is 1.80 bits per heavy atom. The van der Waals surface area contributed by atoms with Gasteiger partial charge in [0.05, 0.1) is 6.54 Å². The van der Waals surface area contributed by atoms with E-state index in [0.29, 0.717) is 19.0 Å². The van der Waals surface area contributed by atoms with E-state index in [9.17, 15) is 4.79 Å². The van der Waals surface area contributed by atoms with Gasteiger partial charge < -0.3 is 9.84 Å². The Morgan fingerprint density at radius 3 is 3.10 bits per heavy atom. The van der Waals surface area contributed by atoms with E-state index in [0.717, 1.165) is 6.08 Å². The number of hydrogen-bond acceptors (Lipinski definition) is 3. The first-order valence-corrected chi connectivity index (χ1v) is 2.87. The molecule has 1 N–H and O–H groups in total. The number of nitrogens with zero attached hydrogens (tertiary/aromatic N) is 1. The van der Waals surface area contributed by atoms with Crippen LogP contribution in [0.15, 0.2) is 17.1 Å². The molecule has 54 valence electrons. The van der Waals surface area contributed by atoms with Crippen LogP contribution in [0.1, 0.15) is 0 Å². The van der Waals surface area contributed by atoms with E-state index >= 15 is 0 Å². The van der Waals surface area contributed by atoms with Gasteiger partial charge in [-0.25, -0.2) is 9.79 Å². The summed E-state index contributed by atoms with van der Waals surface area (Å²) in [6.07, 6.45) is 2.35. The van der Waals surface area contributed by atoms with Crippen LogP contribution < -0.4 is 0 Å². The molecule has 1 aliphatic rings. The molecule has 0 amide bonds. The van der Waals surface area contributed by atoms with Crippen molar-refractivity contribution in [3.63, 3.8) is 0 Å². The van der Waals surface area contributed by atoms with E-state index < -0.39 is 5.97 Å². The molecule has 0 aromatic carbocycles. The highest BCUT2D eigenvalue weighted by atomic mass is 16.5. The summed E-state index contributed by atoms with van der Waals surface area (Å²) in [5.41, 5.74) is 0. The number of hydrogen-bond donors (Lipinski definition) is 1. The average Bonchev–Trinajstić information content (AvgIpc) is 2.34. The molecule has 0 fully saturated rings. The standard InChI is InChI=1S/C6H7NO3/c8-6(9)2-1-5-7-3-4-10-5/h1-2H,3-4H2,(H,8,9). The van der Waals surface area contributed by atoms with Gasteiger partial charge in [-0.3, -0.25) is 0 Å². The third kappa shape index (κ3) is 1.89. The van der Waals surface area contributed by atoms with Crippen molar-refractivity contribution in [1.82, 2.24) is 0 Å². The Morgan fingerprint density at radius 2 is 2.60 bits per heavy atom. The quantitative estimate of drug-likeness (QED) is 0.553. The van der Waals surface area contributed by atoms with Crippen LogP contribution in [0.4, 0.5) is 0 Å². The van der Waals surface area contributed by atoms with Gasteiger partial charge in [-0.2, -0.15) is 0 Å². The summed E-state index contributed by atoms with van der Waals surface area (Å²) in [6.45, 7) is 1.18. The maximum Gasteiger partial charge on any atom is 0.328 e. The maximum atomic E-state index is 9.96. The fourth-order valence-electron chi connectivity index (χ4n) is 0.595. The first-order chi connectivity index (χ1) is 4.79. The summed E-state index contributed by atoms with van der Waals surface area (Å²) in [5, 5.41) is 8.18. The average molecular weight is 141 g/mol. The molecule has 0 radical (unpaired) electrons. The lowest BCUT2D eigenvalue weighted by molar-refractivity contribution is -0.131. The van der Waals surface area contributed by atoms with Gasteiger partial charge in [0.2, 0.25) is 5.90 Å². The molecule has 0 saturated heterocycles. The number of carbonyl (C=O) groups is 1. The first kappa shape index (κ1) is 6.80. The SMILES string of the molecule is O=C(O)C=CC1=NCCO1. The smallest absolute Gasteiger partial charge is 0.328 e. The second-order valence-corrected chi connectivity index (χ2v) is 1.74. The predicted octanol–water partition coefficient (Wildman–Crippen LogP) is 0.0559. The van der Waals surface area contributed by atoms with Gasteiger partial charge in [-0.1, -0.05) is 0 Å². The van der Waals surface area contributed by atoms with Crippen molar-refractivity contribution >= 4 is 11.9 Å². The van der Waals surface area contributed by atoms with Crippen molar-refractivity contribution in [3.8, 4) is 0 Å². The summed E-state index contributed by atoms with van der Waals surface area (Å²) in [5.74, 6) is -0.583. The molecule has 4 heteroatoms. The minimum Gasteiger partial charge on any atom is -0.478 e. The lowest BCUT2D eigenvalue weighted by Crippen LogP contribution is -1.95. The summed E-state index contributed by atoms with van der Waals surface area (Å²) in [4.78, 5) is 13.8. The van der Waals surface area contributed by atoms with Gasteiger partial charge in [-0.05, 0) is 0 Å². The molecule has 4 nitrogen and oxygen atoms in total. The largest absolute Gasteiger partial charge is 0.478 e. The molecule has 0 aliphatic carbocycles. The predicted molar refractivity (Wildman–Crippen MR) is 35.0 cm³/mol. The summed E-state index contributed by atoms with van der Waals surface area (Å²) in [7, 11) is 0. The van der Waals surface area contributed by atoms with Gasteiger partial charge in [0, 0.05) is 12.2 Å². The van der Waals surface area contributed by atoms with Crippen LogP contribution in [-0.4, -0.2) is 30.1 Å². The molecule has 0 saturated carbocycles. The lowest BCUT2D eigenvalue weighted by atomic mass is 10.5. The molecule has 0 aromatic rings. The van der Waals surface area contributed by atoms with Crippen LogP contribution in [0.3, 0.4) is 0 Å². The van der Waals surface area contributed by atoms with Crippen molar-refractivity contribution < 1.29 is 14.6 Å². The van der Waals surface area contributed by atoms with Gasteiger partial charge in [-0.15, -0.1) is 0 Å². The maximum absolute atomic E-state index is 9.96. The van der Waals surface area contributed by atoms with E-state index in [1.807, 2.05) is 0 Å². The first-order valence-electron chi connectivity index (χ1n) is 2.87. The molecule has 1 aliphatic heterocycles. The lowest BCUT2D eigenvalue weighted by Gasteiger charge is -1.89. The second kappa shape index (κ2) is 3.00. The molecule has 1 heterocycles. The van der Waals surface area contributed by atoms with Gasteiger partial charge >= 0.3 is 5.97 Å². The molecule has 0 atom stereocenters. The highest BCUT2D eigenvalue weighted by Crippen LogP contribution is 1.94. The van der Waals surface area contributed by atoms with Crippen molar-refractivity contribution in [3.05, 3.63) is 12.2 Å². The van der Waals surface area contributed by atoms with Gasteiger partial charge in [0.1, 0.15) is 6.61 Å². The Hall–Kier alpha value is -1.32. The Kier molecular flexibility index (Phi) is 2.04. The molecule has 1 rings (SSSR count). The fourth-order valence-corrected chi connectivity index (χ4v) is 0.595. The zero-order chi connectivity index (χ0) is 7.40. The van der Waals surface area contributed by atoms with E-state index in [-0.39, 0.29) is 0 Å². The molecular formula is C6H7NO3. The van der Waals surface area contributed by atoms with Crippen molar-refractivity contribution in [1.29, 1.82) is 0 Å². The molecule has 0 aromatic heterocycles. The number of aliphatic carboxylic acids is 1. The highest BCUT2D eigenvalue weighted by molar-refractivity contribution is 5.94. The van der Waals surface area contributed by atoms with Crippen LogP contribution in [0.2, 0.25) is 0 Å². The van der Waals surface area contributed by atoms with Crippen LogP contribution in [0.5, 0.6) is 0 Å². The van der Waals surface area contributed by atoms with Crippen molar-refractivity contribution in [2.45, 2.75) is 0 Å². The van der Waals surface area contributed by atoms with E-state index in [1.54, 1.807) is 0 Å². The third-order valence-electron chi connectivity index (χ3n) is 0.977. The zero-order valence-electron chi connectivity index (χ0n) is 5.28. The summed E-state index contributed by atoms with van der Waals surface area (Å²) >= 11 is 0. The van der Waals surface area contributed by atoms with Crippen LogP contribution >= 0.6 is 0 Å². The number of carboxylic acid groups (broad SMARTS) is 1. The van der Waals surface area contributed by atoms with Gasteiger partial charge in [0.25, 0.3) is 0 Å². The van der Waals surface area contributed by atoms with Crippen LogP contribution in [0, 0.1) is 0 Å². The van der Waals surface area contributed by atoms with E-state index in [1.165, 1.54) is 6.08 Å². The molecule has 10 heavy (non-hydrogen) atoms. The Bertz CT molecular complexity index is 195. The number of rotatable bonds is 2. The number of carboxylic acids is 1. The van der Waals surface area contributed by atoms with Gasteiger partial charge in [0.15, 0.2) is 0 Å². The fraction of sp³-hybridized carbons (Fsp3) is 0.333. The minimum absolute atomic E-state index is 0.405. The van der Waals surface area contributed by atoms with Crippen molar-refractivity contribution in [2.24, 2.45) is 4.99 Å². The normalized spacial score (nSPS) is 17.0. The molecule has 0 unspecified atom stereocenters.